The second-order valence-corrected chi connectivity index (χ2v) is 11.5. The summed E-state index contributed by atoms with van der Waals surface area (Å²) in [5.41, 5.74) is 3.03. The maximum atomic E-state index is 10.8. The predicted molar refractivity (Wildman–Crippen MR) is 128 cm³/mol. The van der Waals surface area contributed by atoms with Gasteiger partial charge in [-0.3, -0.25) is 0 Å². The second kappa shape index (κ2) is 9.94. The third-order valence-electron chi connectivity index (χ3n) is 9.04. The van der Waals surface area contributed by atoms with Gasteiger partial charge in [0.25, 0.3) is 0 Å². The maximum absolute atomic E-state index is 10.8. The van der Waals surface area contributed by atoms with Crippen molar-refractivity contribution < 1.29 is 10.2 Å². The number of halogens is 1. The van der Waals surface area contributed by atoms with Gasteiger partial charge in [0, 0.05) is 5.33 Å². The molecule has 0 aromatic heterocycles. The van der Waals surface area contributed by atoms with Gasteiger partial charge in [0.05, 0.1) is 6.10 Å². The third kappa shape index (κ3) is 4.49. The number of rotatable bonds is 9. The van der Waals surface area contributed by atoms with Crippen LogP contribution in [0.25, 0.3) is 0 Å². The molecular weight excluding hydrogens is 436 g/mol. The quantitative estimate of drug-likeness (QED) is 0.288. The molecule has 3 aliphatic carbocycles. The van der Waals surface area contributed by atoms with Gasteiger partial charge >= 0.3 is 0 Å². The molecule has 0 heterocycles. The summed E-state index contributed by atoms with van der Waals surface area (Å²) in [4.78, 5) is 0. The van der Waals surface area contributed by atoms with Crippen molar-refractivity contribution in [2.45, 2.75) is 102 Å². The minimum absolute atomic E-state index is 0.107. The zero-order valence-corrected chi connectivity index (χ0v) is 20.4. The average molecular weight is 478 g/mol. The number of alkyl halides is 1. The fourth-order valence-electron chi connectivity index (χ4n) is 7.42. The van der Waals surface area contributed by atoms with Crippen molar-refractivity contribution in [3.05, 3.63) is 29.3 Å². The van der Waals surface area contributed by atoms with Gasteiger partial charge in [-0.15, -0.1) is 0 Å². The van der Waals surface area contributed by atoms with Crippen LogP contribution in [0, 0.1) is 23.2 Å². The number of aromatic hydroxyl groups is 1. The number of benzene rings is 1. The van der Waals surface area contributed by atoms with E-state index in [2.05, 4.69) is 28.9 Å². The van der Waals surface area contributed by atoms with Gasteiger partial charge in [0.1, 0.15) is 5.75 Å². The summed E-state index contributed by atoms with van der Waals surface area (Å²) in [5, 5.41) is 22.0. The molecular formula is C27H41BrO2. The van der Waals surface area contributed by atoms with Gasteiger partial charge in [0.2, 0.25) is 0 Å². The Labute approximate surface area is 192 Å². The molecule has 0 spiro atoms. The first-order valence-corrected chi connectivity index (χ1v) is 13.7. The minimum atomic E-state index is -0.107. The Morgan fingerprint density at radius 1 is 1.00 bits per heavy atom. The molecule has 0 radical (unpaired) electrons. The van der Waals surface area contributed by atoms with Crippen LogP contribution >= 0.6 is 15.9 Å². The van der Waals surface area contributed by atoms with Crippen molar-refractivity contribution in [2.24, 2.45) is 23.2 Å². The van der Waals surface area contributed by atoms with Crippen LogP contribution in [0.5, 0.6) is 5.75 Å². The smallest absolute Gasteiger partial charge is 0.115 e. The van der Waals surface area contributed by atoms with Gasteiger partial charge in [0.15, 0.2) is 0 Å². The SMILES string of the molecule is C[C@]12CC[C@H]3c4ccc(O)cc4C[C@@H](CCCCCCCCCBr)[C@H]3[C@@H]1CC[C@@H]2O. The van der Waals surface area contributed by atoms with E-state index in [1.165, 1.54) is 75.3 Å². The zero-order chi connectivity index (χ0) is 21.1. The number of aliphatic hydroxyl groups is 1. The Balaban J connectivity index is 1.43. The average Bonchev–Trinajstić information content (AvgIpc) is 3.04. The Bertz CT molecular complexity index is 704. The standard InChI is InChI=1S/C27H41BrO2/c1-27-15-14-23-22-11-10-21(29)18-20(22)17-19(26(23)24(27)12-13-25(27)30)9-7-5-3-2-4-6-8-16-28/h10-11,18-19,23-26,29-30H,2-9,12-17H2,1H3/t19-,23+,24+,25+,26-,27+/m1/s1. The molecule has 2 N–H and O–H groups in total. The van der Waals surface area contributed by atoms with E-state index in [9.17, 15) is 10.2 Å². The van der Waals surface area contributed by atoms with E-state index in [4.69, 9.17) is 0 Å². The molecule has 6 atom stereocenters. The number of aliphatic hydroxyl groups excluding tert-OH is 1. The highest BCUT2D eigenvalue weighted by Crippen LogP contribution is 2.62. The maximum Gasteiger partial charge on any atom is 0.115 e. The lowest BCUT2D eigenvalue weighted by Crippen LogP contribution is -2.47. The summed E-state index contributed by atoms with van der Waals surface area (Å²) < 4.78 is 0. The van der Waals surface area contributed by atoms with E-state index in [0.717, 1.165) is 30.5 Å². The molecule has 0 aliphatic heterocycles. The van der Waals surface area contributed by atoms with Gasteiger partial charge < -0.3 is 10.2 Å². The zero-order valence-electron chi connectivity index (χ0n) is 18.8. The van der Waals surface area contributed by atoms with Crippen LogP contribution in [0.3, 0.4) is 0 Å². The summed E-state index contributed by atoms with van der Waals surface area (Å²) in [5.74, 6) is 3.16. The number of unbranched alkanes of at least 4 members (excludes halogenated alkanes) is 6. The van der Waals surface area contributed by atoms with E-state index < -0.39 is 0 Å². The molecule has 168 valence electrons. The van der Waals surface area contributed by atoms with Crippen LogP contribution in [0.15, 0.2) is 18.2 Å². The molecule has 0 saturated heterocycles. The highest BCUT2D eigenvalue weighted by Gasteiger charge is 2.56. The molecule has 2 saturated carbocycles. The van der Waals surface area contributed by atoms with E-state index in [-0.39, 0.29) is 11.5 Å². The topological polar surface area (TPSA) is 40.5 Å². The monoisotopic (exact) mass is 476 g/mol. The fraction of sp³-hybridized carbons (Fsp3) is 0.778. The molecule has 2 nitrogen and oxygen atoms in total. The Hall–Kier alpha value is -0.540. The summed E-state index contributed by atoms with van der Waals surface area (Å²) in [6.07, 6.45) is 16.4. The number of hydrogen-bond donors (Lipinski definition) is 2. The Morgan fingerprint density at radius 2 is 1.73 bits per heavy atom. The lowest BCUT2D eigenvalue weighted by atomic mass is 9.52. The van der Waals surface area contributed by atoms with Crippen molar-refractivity contribution >= 4 is 15.9 Å². The first-order valence-electron chi connectivity index (χ1n) is 12.6. The summed E-state index contributed by atoms with van der Waals surface area (Å²) >= 11 is 3.53. The van der Waals surface area contributed by atoms with Crippen molar-refractivity contribution in [2.75, 3.05) is 5.33 Å². The number of phenolic OH excluding ortho intramolecular Hbond substituents is 1. The molecule has 3 heteroatoms. The number of hydrogen-bond acceptors (Lipinski definition) is 2. The minimum Gasteiger partial charge on any atom is -0.508 e. The lowest BCUT2D eigenvalue weighted by Gasteiger charge is -2.53. The fourth-order valence-corrected chi connectivity index (χ4v) is 7.81. The lowest BCUT2D eigenvalue weighted by molar-refractivity contribution is -0.0396. The molecule has 1 aromatic carbocycles. The molecule has 3 aliphatic rings. The highest BCUT2D eigenvalue weighted by molar-refractivity contribution is 9.09. The van der Waals surface area contributed by atoms with E-state index in [1.807, 2.05) is 12.1 Å². The van der Waals surface area contributed by atoms with E-state index in [0.29, 0.717) is 23.5 Å². The van der Waals surface area contributed by atoms with Crippen LogP contribution in [0.4, 0.5) is 0 Å². The normalized spacial score (nSPS) is 35.0. The molecule has 0 unspecified atom stereocenters. The molecule has 0 bridgehead atoms. The molecule has 0 amide bonds. The summed E-state index contributed by atoms with van der Waals surface area (Å²) in [6, 6.07) is 6.14. The van der Waals surface area contributed by atoms with Crippen LogP contribution < -0.4 is 0 Å². The van der Waals surface area contributed by atoms with Crippen molar-refractivity contribution in [1.82, 2.24) is 0 Å². The van der Waals surface area contributed by atoms with Crippen LogP contribution in [0.2, 0.25) is 0 Å². The van der Waals surface area contributed by atoms with E-state index >= 15 is 0 Å². The third-order valence-corrected chi connectivity index (χ3v) is 9.60. The van der Waals surface area contributed by atoms with Crippen molar-refractivity contribution in [1.29, 1.82) is 0 Å². The van der Waals surface area contributed by atoms with Gasteiger partial charge in [-0.25, -0.2) is 0 Å². The Kier molecular flexibility index (Phi) is 7.51. The summed E-state index contributed by atoms with van der Waals surface area (Å²) in [7, 11) is 0. The molecule has 4 rings (SSSR count). The van der Waals surface area contributed by atoms with Crippen LogP contribution in [-0.2, 0) is 6.42 Å². The highest BCUT2D eigenvalue weighted by atomic mass is 79.9. The van der Waals surface area contributed by atoms with E-state index in [1.54, 1.807) is 0 Å². The number of phenols is 1. The number of fused-ring (bicyclic) bond motifs is 5. The van der Waals surface area contributed by atoms with Gasteiger partial charge in [-0.1, -0.05) is 67.4 Å². The van der Waals surface area contributed by atoms with Crippen molar-refractivity contribution in [3.8, 4) is 5.75 Å². The largest absolute Gasteiger partial charge is 0.508 e. The molecule has 30 heavy (non-hydrogen) atoms. The molecule has 1 aromatic rings. The van der Waals surface area contributed by atoms with Crippen LogP contribution in [-0.4, -0.2) is 21.6 Å². The van der Waals surface area contributed by atoms with Gasteiger partial charge in [-0.05, 0) is 97.3 Å². The van der Waals surface area contributed by atoms with Crippen molar-refractivity contribution in [3.63, 3.8) is 0 Å². The molecule has 2 fully saturated rings. The van der Waals surface area contributed by atoms with Crippen LogP contribution in [0.1, 0.15) is 101 Å². The summed E-state index contributed by atoms with van der Waals surface area (Å²) in [6.45, 7) is 2.38. The first kappa shape index (κ1) is 22.6. The predicted octanol–water partition coefficient (Wildman–Crippen LogP) is 7.35. The first-order chi connectivity index (χ1) is 14.5. The Morgan fingerprint density at radius 3 is 2.50 bits per heavy atom. The second-order valence-electron chi connectivity index (χ2n) is 10.7. The van der Waals surface area contributed by atoms with Gasteiger partial charge in [-0.2, -0.15) is 0 Å².